The number of rotatable bonds is 4. The Morgan fingerprint density at radius 2 is 1.55 bits per heavy atom. The minimum absolute atomic E-state index is 0. The van der Waals surface area contributed by atoms with Gasteiger partial charge in [-0.25, -0.2) is 4.57 Å². The monoisotopic (exact) mass is 355 g/mol. The summed E-state index contributed by atoms with van der Waals surface area (Å²) in [6, 6.07) is 21.2. The molecule has 0 amide bonds. The summed E-state index contributed by atoms with van der Waals surface area (Å²) in [4.78, 5) is 16.5. The Labute approximate surface area is 140 Å². The van der Waals surface area contributed by atoms with Crippen LogP contribution in [0.15, 0.2) is 79.3 Å². The standard InChI is InChI=1S/C18H15N2O.BrH/c21-18(16-9-5-2-6-10-16)13-20-12-11-17(19-14-20)15-7-3-1-4-8-15;/h1-12,14H,13H2;1H/q+1;. The molecule has 110 valence electrons. The Kier molecular flexibility index (Phi) is 5.55. The number of hydrogen-bond acceptors (Lipinski definition) is 2. The first-order chi connectivity index (χ1) is 10.3. The van der Waals surface area contributed by atoms with Gasteiger partial charge in [0.25, 0.3) is 6.33 Å². The molecule has 4 heteroatoms. The molecule has 0 aliphatic heterocycles. The second-order valence-corrected chi connectivity index (χ2v) is 4.77. The Balaban J connectivity index is 0.00000176. The van der Waals surface area contributed by atoms with Crippen LogP contribution in [0.25, 0.3) is 11.3 Å². The number of aromatic nitrogens is 2. The fourth-order valence-corrected chi connectivity index (χ4v) is 2.14. The molecule has 0 atom stereocenters. The van der Waals surface area contributed by atoms with E-state index in [-0.39, 0.29) is 22.8 Å². The van der Waals surface area contributed by atoms with Crippen LogP contribution in [0.1, 0.15) is 10.4 Å². The number of halogens is 1. The molecule has 0 aliphatic rings. The average Bonchev–Trinajstić information content (AvgIpc) is 2.57. The van der Waals surface area contributed by atoms with E-state index in [9.17, 15) is 4.79 Å². The summed E-state index contributed by atoms with van der Waals surface area (Å²) in [5.41, 5.74) is 2.69. The summed E-state index contributed by atoms with van der Waals surface area (Å²) in [5, 5.41) is 0. The van der Waals surface area contributed by atoms with Gasteiger partial charge < -0.3 is 0 Å². The number of Topliss-reactive ketones (excluding diaryl/α,β-unsaturated/α-hetero) is 1. The quantitative estimate of drug-likeness (QED) is 0.530. The van der Waals surface area contributed by atoms with Crippen LogP contribution < -0.4 is 4.57 Å². The van der Waals surface area contributed by atoms with Crippen LogP contribution in [-0.4, -0.2) is 10.8 Å². The highest BCUT2D eigenvalue weighted by atomic mass is 79.9. The molecule has 3 nitrogen and oxygen atoms in total. The number of carbonyl (C=O) groups excluding carboxylic acids is 1. The van der Waals surface area contributed by atoms with Crippen LogP contribution in [-0.2, 0) is 6.54 Å². The van der Waals surface area contributed by atoms with Crippen molar-refractivity contribution in [3.63, 3.8) is 0 Å². The van der Waals surface area contributed by atoms with Gasteiger partial charge >= 0.3 is 0 Å². The van der Waals surface area contributed by atoms with E-state index in [2.05, 4.69) is 4.98 Å². The van der Waals surface area contributed by atoms with Crippen molar-refractivity contribution in [2.75, 3.05) is 0 Å². The zero-order valence-corrected chi connectivity index (χ0v) is 13.6. The van der Waals surface area contributed by atoms with E-state index in [1.165, 1.54) is 0 Å². The number of nitrogens with zero attached hydrogens (tertiary/aromatic N) is 2. The highest BCUT2D eigenvalue weighted by Gasteiger charge is 2.11. The number of ketones is 1. The number of benzene rings is 2. The maximum atomic E-state index is 12.1. The van der Waals surface area contributed by atoms with Gasteiger partial charge in [-0.1, -0.05) is 60.7 Å². The molecule has 0 N–H and O–H groups in total. The van der Waals surface area contributed by atoms with Crippen molar-refractivity contribution in [1.82, 2.24) is 4.98 Å². The lowest BCUT2D eigenvalue weighted by Gasteiger charge is -2.00. The van der Waals surface area contributed by atoms with E-state index in [4.69, 9.17) is 0 Å². The summed E-state index contributed by atoms with van der Waals surface area (Å²) in [5.74, 6) is 0.0786. The minimum atomic E-state index is 0. The Bertz CT molecular complexity index is 728. The van der Waals surface area contributed by atoms with E-state index in [1.807, 2.05) is 72.9 Å². The van der Waals surface area contributed by atoms with Crippen molar-refractivity contribution in [3.8, 4) is 11.3 Å². The van der Waals surface area contributed by atoms with E-state index >= 15 is 0 Å². The van der Waals surface area contributed by atoms with Gasteiger partial charge in [0, 0.05) is 17.2 Å². The maximum Gasteiger partial charge on any atom is 0.287 e. The molecule has 0 aliphatic carbocycles. The van der Waals surface area contributed by atoms with Crippen molar-refractivity contribution >= 4 is 22.8 Å². The van der Waals surface area contributed by atoms with Crippen LogP contribution in [0.2, 0.25) is 0 Å². The average molecular weight is 356 g/mol. The first-order valence-electron chi connectivity index (χ1n) is 6.82. The largest absolute Gasteiger partial charge is 0.290 e. The fraction of sp³-hybridized carbons (Fsp3) is 0.0556. The summed E-state index contributed by atoms with van der Waals surface area (Å²) in [6.07, 6.45) is 3.58. The molecule has 1 heterocycles. The maximum absolute atomic E-state index is 12.1. The summed E-state index contributed by atoms with van der Waals surface area (Å²) in [7, 11) is 0. The number of hydrogen-bond donors (Lipinski definition) is 0. The van der Waals surface area contributed by atoms with Crippen molar-refractivity contribution < 1.29 is 9.36 Å². The molecule has 0 bridgehead atoms. The Hall–Kier alpha value is -2.33. The lowest BCUT2D eigenvalue weighted by Crippen LogP contribution is -2.37. The first kappa shape index (κ1) is 16.0. The van der Waals surface area contributed by atoms with Crippen molar-refractivity contribution in [3.05, 3.63) is 84.8 Å². The highest BCUT2D eigenvalue weighted by molar-refractivity contribution is 8.93. The second kappa shape index (κ2) is 7.61. The molecule has 0 saturated carbocycles. The molecule has 0 fully saturated rings. The van der Waals surface area contributed by atoms with Crippen molar-refractivity contribution in [2.45, 2.75) is 6.54 Å². The normalized spacial score (nSPS) is 9.82. The van der Waals surface area contributed by atoms with Gasteiger partial charge in [0.1, 0.15) is 0 Å². The highest BCUT2D eigenvalue weighted by Crippen LogP contribution is 2.13. The minimum Gasteiger partial charge on any atom is -0.290 e. The molecule has 22 heavy (non-hydrogen) atoms. The van der Waals surface area contributed by atoms with Crippen LogP contribution in [0.3, 0.4) is 0 Å². The van der Waals surface area contributed by atoms with Gasteiger partial charge in [0.15, 0.2) is 12.2 Å². The Morgan fingerprint density at radius 1 is 0.909 bits per heavy atom. The molecule has 3 rings (SSSR count). The molecular formula is C18H16BrN2O+. The Morgan fingerprint density at radius 3 is 2.14 bits per heavy atom. The molecule has 1 aromatic heterocycles. The first-order valence-corrected chi connectivity index (χ1v) is 6.82. The van der Waals surface area contributed by atoms with E-state index in [1.54, 1.807) is 10.9 Å². The third-order valence-corrected chi connectivity index (χ3v) is 3.26. The van der Waals surface area contributed by atoms with Gasteiger partial charge in [-0.05, 0) is 4.98 Å². The van der Waals surface area contributed by atoms with Crippen molar-refractivity contribution in [2.24, 2.45) is 0 Å². The molecule has 3 aromatic rings. The second-order valence-electron chi connectivity index (χ2n) is 4.77. The SMILES string of the molecule is Br.O=C(C[n+]1ccc(-c2ccccc2)nc1)c1ccccc1. The number of carbonyl (C=O) groups is 1. The van der Waals surface area contributed by atoms with Crippen molar-refractivity contribution in [1.29, 1.82) is 0 Å². The predicted molar refractivity (Wildman–Crippen MR) is 91.0 cm³/mol. The van der Waals surface area contributed by atoms with Gasteiger partial charge in [-0.3, -0.25) is 4.79 Å². The molecule has 2 aromatic carbocycles. The zero-order chi connectivity index (χ0) is 14.5. The molecular weight excluding hydrogens is 340 g/mol. The molecule has 0 radical (unpaired) electrons. The topological polar surface area (TPSA) is 33.8 Å². The lowest BCUT2D eigenvalue weighted by atomic mass is 10.1. The molecule has 0 saturated heterocycles. The summed E-state index contributed by atoms with van der Waals surface area (Å²) >= 11 is 0. The van der Waals surface area contributed by atoms with E-state index < -0.39 is 0 Å². The molecule has 0 unspecified atom stereocenters. The predicted octanol–water partition coefficient (Wildman–Crippen LogP) is 3.50. The van der Waals surface area contributed by atoms with Gasteiger partial charge in [-0.2, -0.15) is 0 Å². The fourth-order valence-electron chi connectivity index (χ4n) is 2.14. The third-order valence-electron chi connectivity index (χ3n) is 3.26. The van der Waals surface area contributed by atoms with Crippen LogP contribution in [0.4, 0.5) is 0 Å². The third kappa shape index (κ3) is 3.86. The smallest absolute Gasteiger partial charge is 0.287 e. The van der Waals surface area contributed by atoms with E-state index in [0.717, 1.165) is 16.8 Å². The van der Waals surface area contributed by atoms with Gasteiger partial charge in [-0.15, -0.1) is 17.0 Å². The lowest BCUT2D eigenvalue weighted by molar-refractivity contribution is -0.686. The summed E-state index contributed by atoms with van der Waals surface area (Å²) in [6.45, 7) is 0.298. The van der Waals surface area contributed by atoms with Gasteiger partial charge in [0.2, 0.25) is 5.78 Å². The zero-order valence-electron chi connectivity index (χ0n) is 11.9. The van der Waals surface area contributed by atoms with Crippen LogP contribution in [0.5, 0.6) is 0 Å². The molecule has 0 spiro atoms. The summed E-state index contributed by atoms with van der Waals surface area (Å²) < 4.78 is 1.79. The van der Waals surface area contributed by atoms with E-state index in [0.29, 0.717) is 6.54 Å². The van der Waals surface area contributed by atoms with Crippen LogP contribution in [0, 0.1) is 0 Å². The van der Waals surface area contributed by atoms with Crippen LogP contribution >= 0.6 is 17.0 Å². The van der Waals surface area contributed by atoms with Gasteiger partial charge in [0.05, 0.1) is 6.20 Å².